The summed E-state index contributed by atoms with van der Waals surface area (Å²) in [5.74, 6) is 0. The Labute approximate surface area is 66.7 Å². The Morgan fingerprint density at radius 2 is 0.714 bits per heavy atom. The molecule has 0 fully saturated rings. The van der Waals surface area contributed by atoms with Gasteiger partial charge in [0.2, 0.25) is 0 Å². The van der Waals surface area contributed by atoms with E-state index in [4.69, 9.17) is 0 Å². The third-order valence-corrected chi connectivity index (χ3v) is 0. The second-order valence-corrected chi connectivity index (χ2v) is 19.5. The Morgan fingerprint density at radius 3 is 0.714 bits per heavy atom. The molecule has 0 aliphatic rings. The van der Waals surface area contributed by atoms with Crippen LogP contribution in [0, 0.1) is 0 Å². The van der Waals surface area contributed by atoms with Crippen molar-refractivity contribution in [2.45, 2.75) is 0 Å². The summed E-state index contributed by atoms with van der Waals surface area (Å²) in [6.07, 6.45) is 0. The van der Waals surface area contributed by atoms with E-state index in [1.807, 2.05) is 0 Å². The molecule has 0 bridgehead atoms. The van der Waals surface area contributed by atoms with Crippen molar-refractivity contribution in [3.63, 3.8) is 0 Å². The minimum absolute atomic E-state index is 0. The molecule has 0 spiro atoms. The van der Waals surface area contributed by atoms with Gasteiger partial charge in [0.05, 0.1) is 0 Å². The molecule has 0 saturated heterocycles. The number of rotatable bonds is 0. The molecule has 0 heterocycles. The Kier molecular flexibility index (Phi) is 51.9. The molecule has 6 N–H and O–H groups in total. The summed E-state index contributed by atoms with van der Waals surface area (Å²) in [6.45, 7) is 0. The van der Waals surface area contributed by atoms with E-state index < -0.39 is 8.67 Å². The first kappa shape index (κ1) is 23.2. The average molecular weight is 346 g/mol. The van der Waals surface area contributed by atoms with Gasteiger partial charge in [-0.1, -0.05) is 0 Å². The maximum atomic E-state index is 3.23. The van der Waals surface area contributed by atoms with Crippen molar-refractivity contribution in [3.8, 4) is 0 Å². The van der Waals surface area contributed by atoms with Crippen molar-refractivity contribution < 1.29 is 25.1 Å². The summed E-state index contributed by atoms with van der Waals surface area (Å²) in [6, 6.07) is 0. The third kappa shape index (κ3) is 78.4. The first-order valence-corrected chi connectivity index (χ1v) is 9.92. The van der Waals surface area contributed by atoms with Crippen molar-refractivity contribution in [1.82, 2.24) is 0 Å². The molecule has 0 amide bonds. The zero-order valence-electron chi connectivity index (χ0n) is 3.04. The fourth-order valence-corrected chi connectivity index (χ4v) is 0. The number of hydrogen-bond acceptors (Lipinski definition) is 0. The molecule has 0 rings (SSSR count). The second-order valence-electron chi connectivity index (χ2n) is 0.175. The van der Waals surface area contributed by atoms with E-state index in [-0.39, 0.29) is 16.4 Å². The normalized spacial score (nSPS) is 5.14. The van der Waals surface area contributed by atoms with Gasteiger partial charge in [0.15, 0.2) is 0 Å². The zero-order chi connectivity index (χ0) is 3.58. The van der Waals surface area contributed by atoms with Gasteiger partial charge in [-0.2, -0.15) is 0 Å². The van der Waals surface area contributed by atoms with Crippen LogP contribution in [0.15, 0.2) is 0 Å². The monoisotopic (exact) mass is 343 g/mol. The van der Waals surface area contributed by atoms with Gasteiger partial charge in [-0.3, -0.25) is 0 Å². The van der Waals surface area contributed by atoms with Gasteiger partial charge in [-0.15, -0.1) is 0 Å². The SMILES string of the molecule is O.O.O.[Br][Cr]([Br])[Br]. The third-order valence-electron chi connectivity index (χ3n) is 0. The standard InChI is InChI=1S/3BrH.Cr.3H2O/h3*1H;;3*1H2/q;;;+3;;;/p-3. The fraction of sp³-hybridized carbons (Fsp3) is 0. The van der Waals surface area contributed by atoms with Crippen molar-refractivity contribution in [2.24, 2.45) is 0 Å². The summed E-state index contributed by atoms with van der Waals surface area (Å²) in [5.41, 5.74) is 0. The predicted molar refractivity (Wildman–Crippen MR) is 37.6 cm³/mol. The van der Waals surface area contributed by atoms with Crippen LogP contribution < -0.4 is 0 Å². The molecule has 0 atom stereocenters. The van der Waals surface area contributed by atoms with Crippen LogP contribution in [-0.4, -0.2) is 16.4 Å². The Morgan fingerprint density at radius 1 is 0.714 bits per heavy atom. The van der Waals surface area contributed by atoms with Crippen molar-refractivity contribution in [1.29, 1.82) is 0 Å². The second kappa shape index (κ2) is 15.7. The molecule has 0 aromatic carbocycles. The predicted octanol–water partition coefficient (Wildman–Crippen LogP) is 0.0602. The van der Waals surface area contributed by atoms with E-state index >= 15 is 0 Å². The quantitative estimate of drug-likeness (QED) is 0.593. The van der Waals surface area contributed by atoms with Crippen LogP contribution in [0.5, 0.6) is 0 Å². The molecule has 0 aliphatic carbocycles. The van der Waals surface area contributed by atoms with E-state index in [1.165, 1.54) is 0 Å². The maximum absolute atomic E-state index is 3.23. The van der Waals surface area contributed by atoms with Crippen LogP contribution in [0.1, 0.15) is 0 Å². The van der Waals surface area contributed by atoms with Crippen molar-refractivity contribution >= 4 is 42.2 Å². The molecule has 0 aromatic heterocycles. The molecule has 0 aromatic rings. The van der Waals surface area contributed by atoms with E-state index in [0.29, 0.717) is 0 Å². The van der Waals surface area contributed by atoms with Gasteiger partial charge in [0.1, 0.15) is 0 Å². The molecule has 3 nitrogen and oxygen atoms in total. The number of halogens is 3. The Bertz CT molecular complexity index is 14.9. The van der Waals surface area contributed by atoms with Crippen LogP contribution in [-0.2, 0) is 8.67 Å². The molecule has 7 heteroatoms. The van der Waals surface area contributed by atoms with E-state index in [2.05, 4.69) is 42.2 Å². The van der Waals surface area contributed by atoms with Gasteiger partial charge < -0.3 is 16.4 Å². The fourth-order valence-electron chi connectivity index (χ4n) is 0. The number of hydrogen-bond donors (Lipinski definition) is 0. The summed E-state index contributed by atoms with van der Waals surface area (Å²) in [5, 5.41) is 0. The Balaban J connectivity index is -0.0000000150. The van der Waals surface area contributed by atoms with Crippen LogP contribution in [0.3, 0.4) is 0 Å². The average Bonchev–Trinajstić information content (AvgIpc) is 0.811. The van der Waals surface area contributed by atoms with Crippen LogP contribution in [0.25, 0.3) is 0 Å². The van der Waals surface area contributed by atoms with Gasteiger partial charge in [0.25, 0.3) is 0 Å². The van der Waals surface area contributed by atoms with Crippen molar-refractivity contribution in [3.05, 3.63) is 0 Å². The van der Waals surface area contributed by atoms with Gasteiger partial charge in [-0.25, -0.2) is 0 Å². The van der Waals surface area contributed by atoms with Crippen LogP contribution >= 0.6 is 42.2 Å². The first-order chi connectivity index (χ1) is 1.73. The zero-order valence-corrected chi connectivity index (χ0v) is 9.08. The first-order valence-electron chi connectivity index (χ1n) is 0.463. The molecular weight excluding hydrogens is 340 g/mol. The molecule has 0 radical (unpaired) electrons. The van der Waals surface area contributed by atoms with E-state index in [0.717, 1.165) is 0 Å². The molecule has 0 aliphatic heterocycles. The summed E-state index contributed by atoms with van der Waals surface area (Å²) in [4.78, 5) is 0. The van der Waals surface area contributed by atoms with Gasteiger partial charge in [-0.05, 0) is 0 Å². The summed E-state index contributed by atoms with van der Waals surface area (Å²) in [7, 11) is -0.604. The van der Waals surface area contributed by atoms with Crippen molar-refractivity contribution in [2.75, 3.05) is 0 Å². The summed E-state index contributed by atoms with van der Waals surface area (Å²) >= 11 is 9.69. The minimum atomic E-state index is -0.604. The Hall–Kier alpha value is 1.85. The molecule has 0 saturated carbocycles. The van der Waals surface area contributed by atoms with E-state index in [1.54, 1.807) is 0 Å². The molecule has 0 unspecified atom stereocenters. The molecular formula is H6Br3CrO3. The molecule has 7 heavy (non-hydrogen) atoms. The molecule has 51 valence electrons. The van der Waals surface area contributed by atoms with E-state index in [9.17, 15) is 0 Å². The van der Waals surface area contributed by atoms with Gasteiger partial charge in [0, 0.05) is 0 Å². The van der Waals surface area contributed by atoms with Crippen LogP contribution in [0.4, 0.5) is 0 Å². The topological polar surface area (TPSA) is 94.5 Å². The van der Waals surface area contributed by atoms with Gasteiger partial charge >= 0.3 is 50.8 Å². The summed E-state index contributed by atoms with van der Waals surface area (Å²) < 4.78 is 0. The van der Waals surface area contributed by atoms with Crippen LogP contribution in [0.2, 0.25) is 0 Å².